The number of hydrogen-bond acceptors (Lipinski definition) is 3. The number of anilines is 1. The number of ketones is 1. The van der Waals surface area contributed by atoms with Gasteiger partial charge in [0.15, 0.2) is 5.78 Å². The summed E-state index contributed by atoms with van der Waals surface area (Å²) in [6.07, 6.45) is 0. The molecular weight excluding hydrogens is 238 g/mol. The zero-order chi connectivity index (χ0) is 12.6. The Labute approximate surface area is 104 Å². The van der Waals surface area contributed by atoms with Gasteiger partial charge in [0, 0.05) is 11.3 Å². The molecule has 0 unspecified atom stereocenters. The molecule has 17 heavy (non-hydrogen) atoms. The highest BCUT2D eigenvalue weighted by Gasteiger charge is 2.17. The third-order valence-electron chi connectivity index (χ3n) is 2.52. The van der Waals surface area contributed by atoms with Gasteiger partial charge >= 0.3 is 0 Å². The third kappa shape index (κ3) is 2.19. The summed E-state index contributed by atoms with van der Waals surface area (Å²) in [5.74, 6) is 1.15. The highest BCUT2D eigenvalue weighted by molar-refractivity contribution is 6.35. The maximum Gasteiger partial charge on any atom is 0.198 e. The molecule has 0 aliphatic rings. The SMILES string of the molecule is Cc1cc(C(=O)c2ccc(N)cc2Cl)c(C)o1. The fraction of sp³-hybridized carbons (Fsp3) is 0.154. The van der Waals surface area contributed by atoms with Gasteiger partial charge in [0.05, 0.1) is 10.6 Å². The van der Waals surface area contributed by atoms with E-state index < -0.39 is 0 Å². The van der Waals surface area contributed by atoms with Gasteiger partial charge in [-0.2, -0.15) is 0 Å². The molecular formula is C13H12ClNO2. The smallest absolute Gasteiger partial charge is 0.198 e. The van der Waals surface area contributed by atoms with Crippen LogP contribution in [-0.2, 0) is 0 Å². The lowest BCUT2D eigenvalue weighted by Gasteiger charge is -2.03. The number of hydrogen-bond donors (Lipinski definition) is 1. The summed E-state index contributed by atoms with van der Waals surface area (Å²) in [5.41, 5.74) is 7.09. The molecule has 0 atom stereocenters. The molecule has 0 bridgehead atoms. The molecule has 1 aromatic carbocycles. The van der Waals surface area contributed by atoms with Gasteiger partial charge in [-0.25, -0.2) is 0 Å². The average molecular weight is 250 g/mol. The summed E-state index contributed by atoms with van der Waals surface area (Å²) in [5, 5.41) is 0.355. The van der Waals surface area contributed by atoms with E-state index in [9.17, 15) is 4.79 Å². The molecule has 4 heteroatoms. The van der Waals surface area contributed by atoms with Crippen molar-refractivity contribution in [2.24, 2.45) is 0 Å². The van der Waals surface area contributed by atoms with Crippen LogP contribution in [0.2, 0.25) is 5.02 Å². The van der Waals surface area contributed by atoms with E-state index in [1.165, 1.54) is 0 Å². The second-order valence-electron chi connectivity index (χ2n) is 3.90. The predicted molar refractivity (Wildman–Crippen MR) is 67.5 cm³/mol. The molecule has 0 aliphatic carbocycles. The Morgan fingerprint density at radius 2 is 1.94 bits per heavy atom. The van der Waals surface area contributed by atoms with E-state index in [1.54, 1.807) is 38.1 Å². The van der Waals surface area contributed by atoms with Crippen LogP contribution >= 0.6 is 11.6 Å². The summed E-state index contributed by atoms with van der Waals surface area (Å²) >= 11 is 6.00. The summed E-state index contributed by atoms with van der Waals surface area (Å²) in [4.78, 5) is 12.2. The molecule has 0 fully saturated rings. The van der Waals surface area contributed by atoms with E-state index >= 15 is 0 Å². The van der Waals surface area contributed by atoms with E-state index in [1.807, 2.05) is 0 Å². The summed E-state index contributed by atoms with van der Waals surface area (Å²) in [6.45, 7) is 3.56. The molecule has 1 heterocycles. The van der Waals surface area contributed by atoms with Gasteiger partial charge in [0.25, 0.3) is 0 Å². The number of nitrogen functional groups attached to an aromatic ring is 1. The van der Waals surface area contributed by atoms with Gasteiger partial charge in [0.2, 0.25) is 0 Å². The van der Waals surface area contributed by atoms with Crippen molar-refractivity contribution < 1.29 is 9.21 Å². The summed E-state index contributed by atoms with van der Waals surface area (Å²) in [6, 6.07) is 6.56. The van der Waals surface area contributed by atoms with Crippen LogP contribution in [0.5, 0.6) is 0 Å². The van der Waals surface area contributed by atoms with Crippen LogP contribution in [0, 0.1) is 13.8 Å². The van der Waals surface area contributed by atoms with Gasteiger partial charge in [0.1, 0.15) is 11.5 Å². The van der Waals surface area contributed by atoms with E-state index in [4.69, 9.17) is 21.8 Å². The largest absolute Gasteiger partial charge is 0.466 e. The van der Waals surface area contributed by atoms with Crippen molar-refractivity contribution in [1.82, 2.24) is 0 Å². The quantitative estimate of drug-likeness (QED) is 0.656. The van der Waals surface area contributed by atoms with Crippen LogP contribution in [0.15, 0.2) is 28.7 Å². The number of halogens is 1. The minimum Gasteiger partial charge on any atom is -0.466 e. The van der Waals surface area contributed by atoms with Gasteiger partial charge < -0.3 is 10.2 Å². The van der Waals surface area contributed by atoms with Crippen molar-refractivity contribution in [3.05, 3.63) is 51.9 Å². The first kappa shape index (κ1) is 11.7. The molecule has 2 rings (SSSR count). The molecule has 2 N–H and O–H groups in total. The average Bonchev–Trinajstić information content (AvgIpc) is 2.57. The molecule has 0 saturated carbocycles. The fourth-order valence-electron chi connectivity index (χ4n) is 1.72. The number of carbonyl (C=O) groups excluding carboxylic acids is 1. The van der Waals surface area contributed by atoms with Crippen LogP contribution in [0.4, 0.5) is 5.69 Å². The maximum atomic E-state index is 12.2. The summed E-state index contributed by atoms with van der Waals surface area (Å²) < 4.78 is 5.33. The standard InChI is InChI=1S/C13H12ClNO2/c1-7-5-11(8(2)17-7)13(16)10-4-3-9(15)6-12(10)14/h3-6H,15H2,1-2H3. The third-order valence-corrected chi connectivity index (χ3v) is 2.84. The van der Waals surface area contributed by atoms with Crippen LogP contribution < -0.4 is 5.73 Å². The molecule has 0 amide bonds. The topological polar surface area (TPSA) is 56.2 Å². The second-order valence-corrected chi connectivity index (χ2v) is 4.30. The van der Waals surface area contributed by atoms with E-state index in [2.05, 4.69) is 0 Å². The van der Waals surface area contributed by atoms with Crippen molar-refractivity contribution in [2.75, 3.05) is 5.73 Å². The van der Waals surface area contributed by atoms with Gasteiger partial charge in [-0.05, 0) is 38.1 Å². The number of carbonyl (C=O) groups is 1. The van der Waals surface area contributed by atoms with Crippen LogP contribution in [-0.4, -0.2) is 5.78 Å². The lowest BCUT2D eigenvalue weighted by Crippen LogP contribution is -2.03. The minimum atomic E-state index is -0.149. The number of rotatable bonds is 2. The molecule has 3 nitrogen and oxygen atoms in total. The van der Waals surface area contributed by atoms with Crippen molar-refractivity contribution >= 4 is 23.1 Å². The first-order chi connectivity index (χ1) is 7.99. The zero-order valence-corrected chi connectivity index (χ0v) is 10.3. The zero-order valence-electron chi connectivity index (χ0n) is 9.58. The van der Waals surface area contributed by atoms with Crippen molar-refractivity contribution in [2.45, 2.75) is 13.8 Å². The number of furan rings is 1. The molecule has 0 radical (unpaired) electrons. The van der Waals surface area contributed by atoms with Crippen LogP contribution in [0.1, 0.15) is 27.4 Å². The molecule has 2 aromatic rings. The molecule has 0 spiro atoms. The van der Waals surface area contributed by atoms with Gasteiger partial charge in [-0.15, -0.1) is 0 Å². The second kappa shape index (κ2) is 4.26. The van der Waals surface area contributed by atoms with Gasteiger partial charge in [-0.1, -0.05) is 11.6 Å². The monoisotopic (exact) mass is 249 g/mol. The van der Waals surface area contributed by atoms with E-state index in [0.717, 1.165) is 0 Å². The van der Waals surface area contributed by atoms with Crippen molar-refractivity contribution in [3.8, 4) is 0 Å². The highest BCUT2D eigenvalue weighted by atomic mass is 35.5. The fourth-order valence-corrected chi connectivity index (χ4v) is 1.99. The lowest BCUT2D eigenvalue weighted by atomic mass is 10.0. The van der Waals surface area contributed by atoms with Crippen molar-refractivity contribution in [3.63, 3.8) is 0 Å². The number of aryl methyl sites for hydroxylation is 2. The minimum absolute atomic E-state index is 0.149. The normalized spacial score (nSPS) is 10.5. The molecule has 0 saturated heterocycles. The first-order valence-electron chi connectivity index (χ1n) is 5.16. The highest BCUT2D eigenvalue weighted by Crippen LogP contribution is 2.24. The molecule has 0 aliphatic heterocycles. The van der Waals surface area contributed by atoms with E-state index in [0.29, 0.717) is 33.4 Å². The maximum absolute atomic E-state index is 12.2. The summed E-state index contributed by atoms with van der Waals surface area (Å²) in [7, 11) is 0. The first-order valence-corrected chi connectivity index (χ1v) is 5.53. The van der Waals surface area contributed by atoms with Gasteiger partial charge in [-0.3, -0.25) is 4.79 Å². The Kier molecular flexibility index (Phi) is 2.94. The van der Waals surface area contributed by atoms with E-state index in [-0.39, 0.29) is 5.78 Å². The van der Waals surface area contributed by atoms with Crippen LogP contribution in [0.3, 0.4) is 0 Å². The van der Waals surface area contributed by atoms with Crippen LogP contribution in [0.25, 0.3) is 0 Å². The molecule has 88 valence electrons. The molecule has 1 aromatic heterocycles. The number of benzene rings is 1. The lowest BCUT2D eigenvalue weighted by molar-refractivity contribution is 0.103. The number of nitrogens with two attached hydrogens (primary N) is 1. The Morgan fingerprint density at radius 3 is 2.47 bits per heavy atom. The predicted octanol–water partition coefficient (Wildman–Crippen LogP) is 3.36. The Hall–Kier alpha value is -1.74. The Balaban J connectivity index is 2.47. The van der Waals surface area contributed by atoms with Crippen molar-refractivity contribution in [1.29, 1.82) is 0 Å². The Bertz CT molecular complexity index is 587. The Morgan fingerprint density at radius 1 is 1.24 bits per heavy atom.